The second-order valence-electron chi connectivity index (χ2n) is 7.36. The van der Waals surface area contributed by atoms with Gasteiger partial charge in [0.15, 0.2) is 0 Å². The van der Waals surface area contributed by atoms with E-state index in [2.05, 4.69) is 46.9 Å². The third kappa shape index (κ3) is 5.04. The van der Waals surface area contributed by atoms with Crippen LogP contribution in [0.1, 0.15) is 44.1 Å². The number of piperazine rings is 1. The van der Waals surface area contributed by atoms with Gasteiger partial charge in [-0.05, 0) is 38.8 Å². The molecule has 0 unspecified atom stereocenters. The SMILES string of the molecule is Cc1cc(N2CCN(CC3CCNCC3)CC2)nc(C(C)C)n1.Cl. The maximum atomic E-state index is 4.79. The van der Waals surface area contributed by atoms with Crippen molar-refractivity contribution >= 4 is 18.2 Å². The Morgan fingerprint density at radius 2 is 1.79 bits per heavy atom. The van der Waals surface area contributed by atoms with Gasteiger partial charge in [0.1, 0.15) is 11.6 Å². The van der Waals surface area contributed by atoms with Crippen molar-refractivity contribution in [2.75, 3.05) is 50.7 Å². The largest absolute Gasteiger partial charge is 0.354 e. The Balaban J connectivity index is 0.00000208. The summed E-state index contributed by atoms with van der Waals surface area (Å²) in [5.41, 5.74) is 1.08. The minimum Gasteiger partial charge on any atom is -0.354 e. The monoisotopic (exact) mass is 353 g/mol. The third-order valence-corrected chi connectivity index (χ3v) is 5.05. The van der Waals surface area contributed by atoms with Crippen molar-refractivity contribution in [2.45, 2.75) is 39.5 Å². The van der Waals surface area contributed by atoms with Crippen molar-refractivity contribution < 1.29 is 0 Å². The predicted molar refractivity (Wildman–Crippen MR) is 102 cm³/mol. The first-order chi connectivity index (χ1) is 11.1. The fourth-order valence-corrected chi connectivity index (χ4v) is 3.58. The number of aromatic nitrogens is 2. The van der Waals surface area contributed by atoms with E-state index in [0.717, 1.165) is 49.4 Å². The molecule has 2 fully saturated rings. The number of rotatable bonds is 4. The fraction of sp³-hybridized carbons (Fsp3) is 0.778. The smallest absolute Gasteiger partial charge is 0.133 e. The Hall–Kier alpha value is -0.910. The lowest BCUT2D eigenvalue weighted by Crippen LogP contribution is -2.49. The van der Waals surface area contributed by atoms with E-state index in [-0.39, 0.29) is 12.4 Å². The van der Waals surface area contributed by atoms with Gasteiger partial charge in [0.25, 0.3) is 0 Å². The lowest BCUT2D eigenvalue weighted by molar-refractivity contribution is 0.196. The first-order valence-electron chi connectivity index (χ1n) is 9.15. The van der Waals surface area contributed by atoms with Crippen LogP contribution < -0.4 is 10.2 Å². The van der Waals surface area contributed by atoms with Crippen molar-refractivity contribution in [1.82, 2.24) is 20.2 Å². The topological polar surface area (TPSA) is 44.3 Å². The predicted octanol–water partition coefficient (Wildman–Crippen LogP) is 2.45. The summed E-state index contributed by atoms with van der Waals surface area (Å²) in [5, 5.41) is 3.46. The summed E-state index contributed by atoms with van der Waals surface area (Å²) >= 11 is 0. The van der Waals surface area contributed by atoms with E-state index < -0.39 is 0 Å². The van der Waals surface area contributed by atoms with Gasteiger partial charge in [0, 0.05) is 50.4 Å². The molecule has 0 amide bonds. The van der Waals surface area contributed by atoms with E-state index in [0.29, 0.717) is 5.92 Å². The summed E-state index contributed by atoms with van der Waals surface area (Å²) in [5.74, 6) is 3.35. The average molecular weight is 354 g/mol. The highest BCUT2D eigenvalue weighted by atomic mass is 35.5. The molecule has 2 aliphatic heterocycles. The number of nitrogens with one attached hydrogen (secondary N) is 1. The van der Waals surface area contributed by atoms with E-state index in [9.17, 15) is 0 Å². The van der Waals surface area contributed by atoms with Crippen LogP contribution in [0.2, 0.25) is 0 Å². The number of halogens is 1. The standard InChI is InChI=1S/C18H31N5.ClH/c1-14(2)18-20-15(3)12-17(21-18)23-10-8-22(9-11-23)13-16-4-6-19-7-5-16;/h12,14,16,19H,4-11,13H2,1-3H3;1H. The first kappa shape index (κ1) is 19.4. The Labute approximate surface area is 152 Å². The van der Waals surface area contributed by atoms with Gasteiger partial charge in [-0.15, -0.1) is 12.4 Å². The van der Waals surface area contributed by atoms with Crippen LogP contribution in [-0.2, 0) is 0 Å². The third-order valence-electron chi connectivity index (χ3n) is 5.05. The van der Waals surface area contributed by atoms with Crippen LogP contribution in [0.3, 0.4) is 0 Å². The highest BCUT2D eigenvalue weighted by molar-refractivity contribution is 5.85. The lowest BCUT2D eigenvalue weighted by Gasteiger charge is -2.38. The molecule has 24 heavy (non-hydrogen) atoms. The summed E-state index contributed by atoms with van der Waals surface area (Å²) in [6.45, 7) is 14.5. The fourth-order valence-electron chi connectivity index (χ4n) is 3.58. The normalized spacial score (nSPS) is 20.2. The van der Waals surface area contributed by atoms with Gasteiger partial charge in [-0.1, -0.05) is 13.8 Å². The van der Waals surface area contributed by atoms with E-state index in [4.69, 9.17) is 4.98 Å². The Morgan fingerprint density at radius 3 is 2.42 bits per heavy atom. The molecule has 1 aromatic heterocycles. The van der Waals surface area contributed by atoms with Crippen molar-refractivity contribution in [1.29, 1.82) is 0 Å². The van der Waals surface area contributed by atoms with Crippen LogP contribution in [0.4, 0.5) is 5.82 Å². The van der Waals surface area contributed by atoms with Gasteiger partial charge in [0.2, 0.25) is 0 Å². The van der Waals surface area contributed by atoms with Crippen LogP contribution in [0.15, 0.2) is 6.07 Å². The van der Waals surface area contributed by atoms with E-state index in [1.165, 1.54) is 32.5 Å². The molecule has 2 saturated heterocycles. The molecule has 6 heteroatoms. The summed E-state index contributed by atoms with van der Waals surface area (Å²) in [6, 6.07) is 2.13. The van der Waals surface area contributed by atoms with Gasteiger partial charge >= 0.3 is 0 Å². The molecule has 5 nitrogen and oxygen atoms in total. The Morgan fingerprint density at radius 1 is 1.12 bits per heavy atom. The average Bonchev–Trinajstić information content (AvgIpc) is 2.56. The molecule has 0 bridgehead atoms. The molecule has 0 radical (unpaired) electrons. The number of nitrogens with zero attached hydrogens (tertiary/aromatic N) is 4. The highest BCUT2D eigenvalue weighted by Gasteiger charge is 2.22. The van der Waals surface area contributed by atoms with Gasteiger partial charge in [-0.25, -0.2) is 9.97 Å². The minimum atomic E-state index is 0. The molecule has 0 spiro atoms. The molecule has 0 aromatic carbocycles. The molecule has 1 N–H and O–H groups in total. The number of aryl methyl sites for hydroxylation is 1. The zero-order valence-corrected chi connectivity index (χ0v) is 16.1. The summed E-state index contributed by atoms with van der Waals surface area (Å²) < 4.78 is 0. The van der Waals surface area contributed by atoms with Gasteiger partial charge in [-0.3, -0.25) is 4.90 Å². The van der Waals surface area contributed by atoms with Crippen LogP contribution in [0.5, 0.6) is 0 Å². The number of hydrogen-bond donors (Lipinski definition) is 1. The highest BCUT2D eigenvalue weighted by Crippen LogP contribution is 2.20. The first-order valence-corrected chi connectivity index (χ1v) is 9.15. The molecule has 136 valence electrons. The second kappa shape index (κ2) is 8.97. The van der Waals surface area contributed by atoms with Crippen LogP contribution in [-0.4, -0.2) is 60.7 Å². The molecule has 3 heterocycles. The molecular weight excluding hydrogens is 322 g/mol. The number of hydrogen-bond acceptors (Lipinski definition) is 5. The summed E-state index contributed by atoms with van der Waals surface area (Å²) in [6.07, 6.45) is 2.67. The van der Waals surface area contributed by atoms with Crippen molar-refractivity contribution in [3.05, 3.63) is 17.6 Å². The van der Waals surface area contributed by atoms with E-state index in [1.807, 2.05) is 0 Å². The quantitative estimate of drug-likeness (QED) is 0.900. The van der Waals surface area contributed by atoms with E-state index >= 15 is 0 Å². The van der Waals surface area contributed by atoms with Crippen LogP contribution >= 0.6 is 12.4 Å². The maximum Gasteiger partial charge on any atom is 0.133 e. The molecule has 1 aromatic rings. The number of piperidine rings is 1. The second-order valence-corrected chi connectivity index (χ2v) is 7.36. The van der Waals surface area contributed by atoms with Crippen molar-refractivity contribution in [2.24, 2.45) is 5.92 Å². The molecule has 0 aliphatic carbocycles. The van der Waals surface area contributed by atoms with Gasteiger partial charge < -0.3 is 10.2 Å². The van der Waals surface area contributed by atoms with E-state index in [1.54, 1.807) is 0 Å². The zero-order chi connectivity index (χ0) is 16.2. The Bertz CT molecular complexity index is 508. The number of anilines is 1. The molecule has 2 aliphatic rings. The lowest BCUT2D eigenvalue weighted by atomic mass is 9.97. The van der Waals surface area contributed by atoms with Crippen molar-refractivity contribution in [3.63, 3.8) is 0 Å². The Kier molecular flexibility index (Phi) is 7.26. The molecule has 3 rings (SSSR count). The maximum absolute atomic E-state index is 4.79. The zero-order valence-electron chi connectivity index (χ0n) is 15.3. The summed E-state index contributed by atoms with van der Waals surface area (Å²) in [4.78, 5) is 14.4. The molecule has 0 saturated carbocycles. The van der Waals surface area contributed by atoms with Crippen molar-refractivity contribution in [3.8, 4) is 0 Å². The van der Waals surface area contributed by atoms with Gasteiger partial charge in [-0.2, -0.15) is 0 Å². The summed E-state index contributed by atoms with van der Waals surface area (Å²) in [7, 11) is 0. The van der Waals surface area contributed by atoms with Gasteiger partial charge in [0.05, 0.1) is 0 Å². The van der Waals surface area contributed by atoms with Crippen LogP contribution in [0, 0.1) is 12.8 Å². The minimum absolute atomic E-state index is 0. The molecule has 0 atom stereocenters. The molecular formula is C18H32ClN5. The van der Waals surface area contributed by atoms with Crippen LogP contribution in [0.25, 0.3) is 0 Å².